The first-order valence-corrected chi connectivity index (χ1v) is 7.90. The number of hydrogen-bond donors (Lipinski definition) is 1. The van der Waals surface area contributed by atoms with Crippen molar-refractivity contribution in [3.8, 4) is 5.75 Å². The van der Waals surface area contributed by atoms with E-state index in [1.807, 2.05) is 24.3 Å². The first-order valence-electron chi connectivity index (χ1n) is 7.02. The van der Waals surface area contributed by atoms with E-state index in [-0.39, 0.29) is 0 Å². The summed E-state index contributed by atoms with van der Waals surface area (Å²) >= 11 is 1.26. The minimum atomic E-state index is 0.358. The fourth-order valence-electron chi connectivity index (χ4n) is 1.86. The molecule has 0 heterocycles. The molecule has 3 heteroatoms. The van der Waals surface area contributed by atoms with Crippen LogP contribution in [-0.2, 0) is 0 Å². The Morgan fingerprint density at radius 2 is 1.79 bits per heavy atom. The highest BCUT2D eigenvalue weighted by Crippen LogP contribution is 2.29. The molecule has 0 spiro atoms. The molecule has 19 heavy (non-hydrogen) atoms. The summed E-state index contributed by atoms with van der Waals surface area (Å²) in [5.74, 6) is 1.71. The van der Waals surface area contributed by atoms with Crippen LogP contribution in [0.2, 0.25) is 0 Å². The van der Waals surface area contributed by atoms with Crippen LogP contribution in [0.5, 0.6) is 5.75 Å². The van der Waals surface area contributed by atoms with Crippen molar-refractivity contribution >= 4 is 11.9 Å². The molecule has 0 saturated carbocycles. The van der Waals surface area contributed by atoms with Crippen molar-refractivity contribution in [2.24, 2.45) is 16.5 Å². The molecule has 0 fully saturated rings. The standard InChI is InChI=1S/C16H27NOS/c1-13(2)9-10-16(3,4)11-12-18-14-5-7-15(19-17)8-6-14/h5-8,13H,9-12,17H2,1-4H3. The average Bonchev–Trinajstić information content (AvgIpc) is 2.37. The highest BCUT2D eigenvalue weighted by atomic mass is 32.2. The quantitative estimate of drug-likeness (QED) is 0.689. The van der Waals surface area contributed by atoms with Crippen molar-refractivity contribution < 1.29 is 4.74 Å². The zero-order valence-corrected chi connectivity index (χ0v) is 13.4. The Bertz CT molecular complexity index is 360. The first-order chi connectivity index (χ1) is 8.93. The molecule has 0 aliphatic heterocycles. The summed E-state index contributed by atoms with van der Waals surface area (Å²) in [6, 6.07) is 7.94. The zero-order chi connectivity index (χ0) is 14.3. The van der Waals surface area contributed by atoms with Gasteiger partial charge in [0, 0.05) is 4.90 Å². The van der Waals surface area contributed by atoms with Gasteiger partial charge in [0.1, 0.15) is 5.75 Å². The van der Waals surface area contributed by atoms with Gasteiger partial charge in [-0.3, -0.25) is 5.14 Å². The van der Waals surface area contributed by atoms with Gasteiger partial charge < -0.3 is 4.74 Å². The van der Waals surface area contributed by atoms with Gasteiger partial charge in [0.05, 0.1) is 6.61 Å². The second-order valence-electron chi connectivity index (χ2n) is 6.28. The predicted octanol–water partition coefficient (Wildman–Crippen LogP) is 4.88. The van der Waals surface area contributed by atoms with E-state index in [9.17, 15) is 0 Å². The second kappa shape index (κ2) is 7.81. The third-order valence-corrected chi connectivity index (χ3v) is 3.95. The third kappa shape index (κ3) is 6.88. The number of nitrogens with two attached hydrogens (primary N) is 1. The summed E-state index contributed by atoms with van der Waals surface area (Å²) in [5, 5.41) is 5.49. The maximum atomic E-state index is 5.80. The van der Waals surface area contributed by atoms with Crippen LogP contribution in [0.4, 0.5) is 0 Å². The lowest BCUT2D eigenvalue weighted by Gasteiger charge is -2.25. The van der Waals surface area contributed by atoms with E-state index in [4.69, 9.17) is 9.88 Å². The van der Waals surface area contributed by atoms with Gasteiger partial charge in [-0.15, -0.1) is 0 Å². The summed E-state index contributed by atoms with van der Waals surface area (Å²) in [6.07, 6.45) is 3.64. The molecule has 1 aromatic carbocycles. The van der Waals surface area contributed by atoms with Gasteiger partial charge in [0.25, 0.3) is 0 Å². The molecule has 0 aromatic heterocycles. The summed E-state index contributed by atoms with van der Waals surface area (Å²) in [6.45, 7) is 9.99. The first kappa shape index (κ1) is 16.4. The highest BCUT2D eigenvalue weighted by Gasteiger charge is 2.18. The Kier molecular flexibility index (Phi) is 6.73. The fraction of sp³-hybridized carbons (Fsp3) is 0.625. The van der Waals surface area contributed by atoms with Gasteiger partial charge in [-0.2, -0.15) is 0 Å². The molecule has 0 bridgehead atoms. The van der Waals surface area contributed by atoms with Crippen LogP contribution in [0.3, 0.4) is 0 Å². The van der Waals surface area contributed by atoms with Gasteiger partial charge >= 0.3 is 0 Å². The number of hydrogen-bond acceptors (Lipinski definition) is 3. The third-order valence-electron chi connectivity index (χ3n) is 3.41. The largest absolute Gasteiger partial charge is 0.494 e. The van der Waals surface area contributed by atoms with Crippen molar-refractivity contribution in [1.29, 1.82) is 0 Å². The van der Waals surface area contributed by atoms with Gasteiger partial charge in [0.15, 0.2) is 0 Å². The van der Waals surface area contributed by atoms with Gasteiger partial charge in [-0.25, -0.2) is 0 Å². The fourth-order valence-corrected chi connectivity index (χ4v) is 2.16. The van der Waals surface area contributed by atoms with Gasteiger partial charge in [-0.1, -0.05) is 34.1 Å². The maximum Gasteiger partial charge on any atom is 0.119 e. The van der Waals surface area contributed by atoms with Crippen molar-refractivity contribution in [2.75, 3.05) is 6.61 Å². The summed E-state index contributed by atoms with van der Waals surface area (Å²) in [5.41, 5.74) is 0.358. The van der Waals surface area contributed by atoms with Crippen LogP contribution in [-0.4, -0.2) is 6.61 Å². The zero-order valence-electron chi connectivity index (χ0n) is 12.6. The van der Waals surface area contributed by atoms with Crippen molar-refractivity contribution in [3.05, 3.63) is 24.3 Å². The molecule has 0 unspecified atom stereocenters. The molecule has 1 rings (SSSR count). The van der Waals surface area contributed by atoms with E-state index in [0.717, 1.165) is 29.6 Å². The molecular weight excluding hydrogens is 254 g/mol. The summed E-state index contributed by atoms with van der Waals surface area (Å²) < 4.78 is 5.80. The van der Waals surface area contributed by atoms with E-state index >= 15 is 0 Å². The number of ether oxygens (including phenoxy) is 1. The summed E-state index contributed by atoms with van der Waals surface area (Å²) in [4.78, 5) is 1.06. The summed E-state index contributed by atoms with van der Waals surface area (Å²) in [7, 11) is 0. The molecule has 108 valence electrons. The van der Waals surface area contributed by atoms with Crippen LogP contribution in [0.25, 0.3) is 0 Å². The van der Waals surface area contributed by atoms with E-state index in [1.54, 1.807) is 0 Å². The van der Waals surface area contributed by atoms with E-state index in [2.05, 4.69) is 27.7 Å². The van der Waals surface area contributed by atoms with Crippen LogP contribution < -0.4 is 9.88 Å². The molecule has 2 N–H and O–H groups in total. The minimum Gasteiger partial charge on any atom is -0.494 e. The SMILES string of the molecule is CC(C)CCC(C)(C)CCOc1ccc(SN)cc1. The van der Waals surface area contributed by atoms with Crippen LogP contribution in [0, 0.1) is 11.3 Å². The van der Waals surface area contributed by atoms with Crippen LogP contribution >= 0.6 is 11.9 Å². The maximum absolute atomic E-state index is 5.80. The Balaban J connectivity index is 2.31. The Hall–Kier alpha value is -0.670. The van der Waals surface area contributed by atoms with E-state index in [1.165, 1.54) is 24.8 Å². The molecule has 1 aromatic rings. The Labute approximate surface area is 122 Å². The smallest absolute Gasteiger partial charge is 0.119 e. The van der Waals surface area contributed by atoms with E-state index < -0.39 is 0 Å². The molecule has 0 aliphatic carbocycles. The van der Waals surface area contributed by atoms with Crippen molar-refractivity contribution in [3.63, 3.8) is 0 Å². The lowest BCUT2D eigenvalue weighted by Crippen LogP contribution is -2.16. The average molecular weight is 281 g/mol. The minimum absolute atomic E-state index is 0.358. The van der Waals surface area contributed by atoms with Gasteiger partial charge in [0.2, 0.25) is 0 Å². The lowest BCUT2D eigenvalue weighted by atomic mass is 9.83. The molecule has 2 nitrogen and oxygen atoms in total. The lowest BCUT2D eigenvalue weighted by molar-refractivity contribution is 0.208. The van der Waals surface area contributed by atoms with Crippen molar-refractivity contribution in [1.82, 2.24) is 0 Å². The highest BCUT2D eigenvalue weighted by molar-refractivity contribution is 7.97. The molecule has 0 atom stereocenters. The Morgan fingerprint density at radius 3 is 2.32 bits per heavy atom. The molecular formula is C16H27NOS. The molecule has 0 saturated heterocycles. The predicted molar refractivity (Wildman–Crippen MR) is 84.5 cm³/mol. The molecule has 0 aliphatic rings. The topological polar surface area (TPSA) is 35.2 Å². The number of benzene rings is 1. The van der Waals surface area contributed by atoms with E-state index in [0.29, 0.717) is 5.41 Å². The Morgan fingerprint density at radius 1 is 1.16 bits per heavy atom. The van der Waals surface area contributed by atoms with Gasteiger partial charge in [-0.05, 0) is 60.4 Å². The molecule has 0 radical (unpaired) electrons. The molecule has 0 amide bonds. The van der Waals surface area contributed by atoms with Crippen LogP contribution in [0.1, 0.15) is 47.0 Å². The monoisotopic (exact) mass is 281 g/mol. The number of rotatable bonds is 8. The second-order valence-corrected chi connectivity index (χ2v) is 6.99. The van der Waals surface area contributed by atoms with Crippen LogP contribution in [0.15, 0.2) is 29.2 Å². The van der Waals surface area contributed by atoms with Crippen molar-refractivity contribution in [2.45, 2.75) is 51.9 Å². The normalized spacial score (nSPS) is 11.9.